The van der Waals surface area contributed by atoms with E-state index < -0.39 is 0 Å². The Labute approximate surface area is 155 Å². The van der Waals surface area contributed by atoms with E-state index in [1.807, 2.05) is 25.7 Å². The Morgan fingerprint density at radius 1 is 1.39 bits per heavy atom. The zero-order chi connectivity index (χ0) is 16.5. The van der Waals surface area contributed by atoms with E-state index in [1.165, 1.54) is 0 Å². The highest BCUT2D eigenvalue weighted by atomic mass is 127. The second-order valence-corrected chi connectivity index (χ2v) is 5.61. The van der Waals surface area contributed by atoms with Crippen molar-refractivity contribution in [1.82, 2.24) is 15.5 Å². The molecule has 2 N–H and O–H groups in total. The van der Waals surface area contributed by atoms with Crippen LogP contribution in [0.3, 0.4) is 0 Å². The standard InChI is InChI=1S/C15H28N4O3.HI/c1-5-13(20)19-9-7-12(10-19)18-15(16-4)17-8-6-14(21)22-11(2)3;/h11-12H,5-10H2,1-4H3,(H2,16,17,18);1H. The highest BCUT2D eigenvalue weighted by Gasteiger charge is 2.25. The average Bonchev–Trinajstić information content (AvgIpc) is 2.93. The van der Waals surface area contributed by atoms with Gasteiger partial charge in [0.1, 0.15) is 0 Å². The van der Waals surface area contributed by atoms with E-state index in [4.69, 9.17) is 4.74 Å². The fraction of sp³-hybridized carbons (Fsp3) is 0.800. The Morgan fingerprint density at radius 2 is 2.09 bits per heavy atom. The van der Waals surface area contributed by atoms with Crippen molar-refractivity contribution in [3.8, 4) is 0 Å². The van der Waals surface area contributed by atoms with Gasteiger partial charge in [-0.1, -0.05) is 6.92 Å². The molecule has 0 aromatic rings. The summed E-state index contributed by atoms with van der Waals surface area (Å²) in [6.45, 7) is 7.48. The van der Waals surface area contributed by atoms with E-state index in [-0.39, 0.29) is 48.0 Å². The molecule has 8 heteroatoms. The molecule has 0 aromatic carbocycles. The molecule has 0 saturated carbocycles. The summed E-state index contributed by atoms with van der Waals surface area (Å²) in [5.74, 6) is 0.607. The summed E-state index contributed by atoms with van der Waals surface area (Å²) >= 11 is 0. The number of hydrogen-bond acceptors (Lipinski definition) is 4. The Bertz CT molecular complexity index is 416. The van der Waals surface area contributed by atoms with Gasteiger partial charge in [-0.25, -0.2) is 0 Å². The van der Waals surface area contributed by atoms with E-state index in [0.29, 0.717) is 31.9 Å². The summed E-state index contributed by atoms with van der Waals surface area (Å²) in [5.41, 5.74) is 0. The maximum Gasteiger partial charge on any atom is 0.307 e. The third-order valence-electron chi connectivity index (χ3n) is 3.40. The SMILES string of the molecule is CCC(=O)N1CCC(NC(=NC)NCCC(=O)OC(C)C)C1.I. The van der Waals surface area contributed by atoms with E-state index in [0.717, 1.165) is 13.0 Å². The number of nitrogens with zero attached hydrogens (tertiary/aromatic N) is 2. The lowest BCUT2D eigenvalue weighted by molar-refractivity contribution is -0.147. The number of carbonyl (C=O) groups excluding carboxylic acids is 2. The minimum atomic E-state index is -0.224. The Balaban J connectivity index is 0.00000484. The van der Waals surface area contributed by atoms with Crippen LogP contribution in [0.1, 0.15) is 40.0 Å². The number of esters is 1. The number of guanidine groups is 1. The van der Waals surface area contributed by atoms with E-state index in [1.54, 1.807) is 7.05 Å². The molecule has 0 bridgehead atoms. The minimum Gasteiger partial charge on any atom is -0.463 e. The first kappa shape index (κ1) is 21.9. The molecule has 1 heterocycles. The Morgan fingerprint density at radius 3 is 2.65 bits per heavy atom. The molecule has 1 unspecified atom stereocenters. The van der Waals surface area contributed by atoms with Crippen molar-refractivity contribution in [2.45, 2.75) is 52.2 Å². The quantitative estimate of drug-likeness (QED) is 0.280. The molecule has 1 amide bonds. The van der Waals surface area contributed by atoms with Crippen molar-refractivity contribution in [1.29, 1.82) is 0 Å². The minimum absolute atomic E-state index is 0. The van der Waals surface area contributed by atoms with Crippen LogP contribution < -0.4 is 10.6 Å². The molecule has 0 aliphatic carbocycles. The van der Waals surface area contributed by atoms with Gasteiger partial charge in [-0.15, -0.1) is 24.0 Å². The first-order valence-corrected chi connectivity index (χ1v) is 7.90. The van der Waals surface area contributed by atoms with E-state index in [2.05, 4.69) is 15.6 Å². The van der Waals surface area contributed by atoms with Crippen LogP contribution >= 0.6 is 24.0 Å². The van der Waals surface area contributed by atoms with Gasteiger partial charge in [-0.2, -0.15) is 0 Å². The van der Waals surface area contributed by atoms with Gasteiger partial charge in [0.2, 0.25) is 5.91 Å². The van der Waals surface area contributed by atoms with Gasteiger partial charge in [-0.05, 0) is 20.3 Å². The zero-order valence-corrected chi connectivity index (χ0v) is 16.8. The molecule has 0 aromatic heterocycles. The number of nitrogens with one attached hydrogen (secondary N) is 2. The fourth-order valence-corrected chi connectivity index (χ4v) is 2.32. The maximum absolute atomic E-state index is 11.7. The van der Waals surface area contributed by atoms with Crippen molar-refractivity contribution in [2.75, 3.05) is 26.7 Å². The second kappa shape index (κ2) is 11.5. The third-order valence-corrected chi connectivity index (χ3v) is 3.40. The van der Waals surface area contributed by atoms with Crippen molar-refractivity contribution < 1.29 is 14.3 Å². The van der Waals surface area contributed by atoms with Gasteiger partial charge < -0.3 is 20.3 Å². The number of rotatable bonds is 6. The lowest BCUT2D eigenvalue weighted by Crippen LogP contribution is -2.45. The topological polar surface area (TPSA) is 83.0 Å². The molecule has 23 heavy (non-hydrogen) atoms. The summed E-state index contributed by atoms with van der Waals surface area (Å²) in [7, 11) is 1.69. The summed E-state index contributed by atoms with van der Waals surface area (Å²) in [6, 6.07) is 0.198. The van der Waals surface area contributed by atoms with Crippen LogP contribution in [0.5, 0.6) is 0 Å². The van der Waals surface area contributed by atoms with Gasteiger partial charge in [0.25, 0.3) is 0 Å². The summed E-state index contributed by atoms with van der Waals surface area (Å²) < 4.78 is 5.07. The third kappa shape index (κ3) is 8.38. The number of halogens is 1. The number of likely N-dealkylation sites (tertiary alicyclic amines) is 1. The van der Waals surface area contributed by atoms with Gasteiger partial charge in [-0.3, -0.25) is 14.6 Å². The van der Waals surface area contributed by atoms with Crippen LogP contribution in [-0.4, -0.2) is 61.6 Å². The second-order valence-electron chi connectivity index (χ2n) is 5.61. The molecule has 0 radical (unpaired) electrons. The average molecular weight is 440 g/mol. The smallest absolute Gasteiger partial charge is 0.307 e. The van der Waals surface area contributed by atoms with Crippen molar-refractivity contribution >= 4 is 41.8 Å². The normalized spacial score (nSPS) is 17.7. The molecule has 7 nitrogen and oxygen atoms in total. The molecule has 1 aliphatic rings. The molecule has 0 spiro atoms. The van der Waals surface area contributed by atoms with Gasteiger partial charge in [0.15, 0.2) is 5.96 Å². The molecule has 1 saturated heterocycles. The predicted octanol–water partition coefficient (Wildman–Crippen LogP) is 1.12. The molecular formula is C15H29IN4O3. The summed E-state index contributed by atoms with van der Waals surface area (Å²) in [4.78, 5) is 29.1. The highest BCUT2D eigenvalue weighted by Crippen LogP contribution is 2.10. The number of amides is 1. The van der Waals surface area contributed by atoms with Crippen molar-refractivity contribution in [3.05, 3.63) is 0 Å². The van der Waals surface area contributed by atoms with Crippen LogP contribution in [0.15, 0.2) is 4.99 Å². The van der Waals surface area contributed by atoms with Crippen LogP contribution in [0.2, 0.25) is 0 Å². The monoisotopic (exact) mass is 440 g/mol. The van der Waals surface area contributed by atoms with Crippen LogP contribution in [0.4, 0.5) is 0 Å². The maximum atomic E-state index is 11.7. The predicted molar refractivity (Wildman–Crippen MR) is 101 cm³/mol. The highest BCUT2D eigenvalue weighted by molar-refractivity contribution is 14.0. The zero-order valence-electron chi connectivity index (χ0n) is 14.4. The van der Waals surface area contributed by atoms with Crippen LogP contribution in [0.25, 0.3) is 0 Å². The van der Waals surface area contributed by atoms with Crippen molar-refractivity contribution in [2.24, 2.45) is 4.99 Å². The Kier molecular flexibility index (Phi) is 10.9. The number of carbonyl (C=O) groups is 2. The van der Waals surface area contributed by atoms with Gasteiger partial charge >= 0.3 is 5.97 Å². The number of ether oxygens (including phenoxy) is 1. The molecule has 1 atom stereocenters. The van der Waals surface area contributed by atoms with Gasteiger partial charge in [0.05, 0.1) is 12.5 Å². The molecule has 1 fully saturated rings. The fourth-order valence-electron chi connectivity index (χ4n) is 2.32. The number of aliphatic imine (C=N–C) groups is 1. The van der Waals surface area contributed by atoms with E-state index >= 15 is 0 Å². The molecule has 1 aliphatic heterocycles. The largest absolute Gasteiger partial charge is 0.463 e. The van der Waals surface area contributed by atoms with Crippen LogP contribution in [-0.2, 0) is 14.3 Å². The first-order valence-electron chi connectivity index (χ1n) is 7.90. The van der Waals surface area contributed by atoms with E-state index in [9.17, 15) is 9.59 Å². The summed E-state index contributed by atoms with van der Waals surface area (Å²) in [6.07, 6.45) is 1.65. The Hall–Kier alpha value is -1.06. The first-order chi connectivity index (χ1) is 10.5. The molecule has 1 rings (SSSR count). The van der Waals surface area contributed by atoms with Gasteiger partial charge in [0, 0.05) is 39.1 Å². The summed E-state index contributed by atoms with van der Waals surface area (Å²) in [5, 5.41) is 6.38. The van der Waals surface area contributed by atoms with Crippen LogP contribution in [0, 0.1) is 0 Å². The molecular weight excluding hydrogens is 411 g/mol. The number of hydrogen-bond donors (Lipinski definition) is 2. The lowest BCUT2D eigenvalue weighted by Gasteiger charge is -2.18. The lowest BCUT2D eigenvalue weighted by atomic mass is 10.3. The molecule has 134 valence electrons. The van der Waals surface area contributed by atoms with Crippen molar-refractivity contribution in [3.63, 3.8) is 0 Å².